The molecular formula is C19H21N3O6. The summed E-state index contributed by atoms with van der Waals surface area (Å²) in [5, 5.41) is 46.0. The molecule has 0 aliphatic carbocycles. The third kappa shape index (κ3) is 3.36. The van der Waals surface area contributed by atoms with Crippen molar-refractivity contribution in [1.82, 2.24) is 5.32 Å². The molecule has 28 heavy (non-hydrogen) atoms. The highest BCUT2D eigenvalue weighted by molar-refractivity contribution is 5.33. The Hall–Kier alpha value is -3.20. The maximum absolute atomic E-state index is 11.9. The van der Waals surface area contributed by atoms with E-state index in [9.17, 15) is 30.4 Å². The monoisotopic (exact) mass is 387 g/mol. The van der Waals surface area contributed by atoms with Gasteiger partial charge in [0.25, 0.3) is 0 Å². The number of hydrogen-bond donors (Lipinski definition) is 3. The summed E-state index contributed by atoms with van der Waals surface area (Å²) in [5.41, 5.74) is -0.181. The highest BCUT2D eigenvalue weighted by Gasteiger charge is 2.62. The molecule has 1 heterocycles. The second kappa shape index (κ2) is 7.08. The molecule has 0 saturated carbocycles. The third-order valence-corrected chi connectivity index (χ3v) is 5.47. The van der Waals surface area contributed by atoms with E-state index in [1.165, 1.54) is 38.1 Å². The van der Waals surface area contributed by atoms with Crippen LogP contribution in [0.5, 0.6) is 11.5 Å². The van der Waals surface area contributed by atoms with Crippen molar-refractivity contribution < 1.29 is 20.1 Å². The van der Waals surface area contributed by atoms with Crippen LogP contribution in [0.25, 0.3) is 0 Å². The molecule has 0 bridgehead atoms. The molecule has 0 radical (unpaired) electrons. The maximum Gasteiger partial charge on any atom is 0.243 e. The zero-order chi connectivity index (χ0) is 20.6. The molecule has 9 nitrogen and oxygen atoms in total. The van der Waals surface area contributed by atoms with Crippen molar-refractivity contribution in [1.29, 1.82) is 0 Å². The Morgan fingerprint density at radius 2 is 1.11 bits per heavy atom. The van der Waals surface area contributed by atoms with Crippen molar-refractivity contribution in [2.45, 2.75) is 38.0 Å². The Balaban J connectivity index is 2.14. The Morgan fingerprint density at radius 3 is 1.39 bits per heavy atom. The molecule has 3 N–H and O–H groups in total. The van der Waals surface area contributed by atoms with Gasteiger partial charge in [0.2, 0.25) is 12.1 Å². The molecule has 0 unspecified atom stereocenters. The quantitative estimate of drug-likeness (QED) is 0.541. The summed E-state index contributed by atoms with van der Waals surface area (Å²) in [7, 11) is 0. The zero-order valence-electron chi connectivity index (χ0n) is 15.4. The summed E-state index contributed by atoms with van der Waals surface area (Å²) < 4.78 is 0. The lowest BCUT2D eigenvalue weighted by Gasteiger charge is -2.44. The first-order chi connectivity index (χ1) is 13.1. The molecule has 1 saturated heterocycles. The number of rotatable bonds is 4. The van der Waals surface area contributed by atoms with Gasteiger partial charge in [0.05, 0.1) is 0 Å². The van der Waals surface area contributed by atoms with E-state index in [0.29, 0.717) is 11.1 Å². The molecule has 3 rings (SSSR count). The topological polar surface area (TPSA) is 139 Å². The molecular weight excluding hydrogens is 366 g/mol. The van der Waals surface area contributed by atoms with Gasteiger partial charge in [0.1, 0.15) is 29.0 Å². The minimum Gasteiger partial charge on any atom is -0.508 e. The largest absolute Gasteiger partial charge is 0.508 e. The highest BCUT2D eigenvalue weighted by atomic mass is 16.6. The van der Waals surface area contributed by atoms with E-state index in [2.05, 4.69) is 5.32 Å². The van der Waals surface area contributed by atoms with E-state index in [4.69, 9.17) is 0 Å². The molecule has 0 spiro atoms. The summed E-state index contributed by atoms with van der Waals surface area (Å²) >= 11 is 0. The number of nitrogens with one attached hydrogen (secondary N) is 1. The van der Waals surface area contributed by atoms with Crippen molar-refractivity contribution in [2.75, 3.05) is 0 Å². The smallest absolute Gasteiger partial charge is 0.243 e. The van der Waals surface area contributed by atoms with Crippen LogP contribution in [0.15, 0.2) is 48.5 Å². The molecule has 4 atom stereocenters. The highest BCUT2D eigenvalue weighted by Crippen LogP contribution is 2.47. The van der Waals surface area contributed by atoms with Gasteiger partial charge in [-0.15, -0.1) is 0 Å². The predicted octanol–water partition coefficient (Wildman–Crippen LogP) is 2.80. The first-order valence-corrected chi connectivity index (χ1v) is 8.74. The van der Waals surface area contributed by atoms with Crippen LogP contribution in [-0.2, 0) is 0 Å². The lowest BCUT2D eigenvalue weighted by atomic mass is 9.66. The third-order valence-electron chi connectivity index (χ3n) is 5.47. The van der Waals surface area contributed by atoms with Gasteiger partial charge in [-0.25, -0.2) is 0 Å². The SMILES string of the molecule is CC1(C)[C@@H]([N+](=O)[O-])[C@H](c2ccc(O)cc2)N[C@@H](c2ccc(O)cc2)[C@@H]1[N+](=O)[O-]. The van der Waals surface area contributed by atoms with E-state index in [1.807, 2.05) is 0 Å². The summed E-state index contributed by atoms with van der Waals surface area (Å²) in [5.74, 6) is 0.0458. The molecule has 1 fully saturated rings. The minimum atomic E-state index is -1.29. The van der Waals surface area contributed by atoms with Gasteiger partial charge >= 0.3 is 0 Å². The molecule has 0 aromatic heterocycles. The van der Waals surface area contributed by atoms with Crippen LogP contribution in [0.2, 0.25) is 0 Å². The fourth-order valence-corrected chi connectivity index (χ4v) is 4.12. The van der Waals surface area contributed by atoms with Crippen LogP contribution in [0.4, 0.5) is 0 Å². The van der Waals surface area contributed by atoms with Crippen molar-refractivity contribution in [3.05, 3.63) is 79.9 Å². The van der Waals surface area contributed by atoms with Crippen LogP contribution in [-0.4, -0.2) is 32.1 Å². The zero-order valence-corrected chi connectivity index (χ0v) is 15.4. The van der Waals surface area contributed by atoms with E-state index in [-0.39, 0.29) is 11.5 Å². The number of benzene rings is 2. The van der Waals surface area contributed by atoms with Crippen LogP contribution < -0.4 is 5.32 Å². The van der Waals surface area contributed by atoms with Crippen molar-refractivity contribution >= 4 is 0 Å². The number of nitrogens with zero attached hydrogens (tertiary/aromatic N) is 2. The number of aromatic hydroxyl groups is 2. The summed E-state index contributed by atoms with van der Waals surface area (Å²) in [4.78, 5) is 22.9. The van der Waals surface area contributed by atoms with E-state index in [1.54, 1.807) is 24.3 Å². The maximum atomic E-state index is 11.9. The van der Waals surface area contributed by atoms with Gasteiger partial charge in [-0.05, 0) is 49.2 Å². The second-order valence-electron chi connectivity index (χ2n) is 7.59. The Morgan fingerprint density at radius 1 is 0.786 bits per heavy atom. The predicted molar refractivity (Wildman–Crippen MR) is 100 cm³/mol. The van der Waals surface area contributed by atoms with E-state index >= 15 is 0 Å². The van der Waals surface area contributed by atoms with E-state index < -0.39 is 39.4 Å². The average molecular weight is 387 g/mol. The summed E-state index contributed by atoms with van der Waals surface area (Å²) in [6.07, 6.45) is 0. The lowest BCUT2D eigenvalue weighted by Crippen LogP contribution is -2.63. The molecule has 2 aromatic carbocycles. The first kappa shape index (κ1) is 19.6. The normalized spacial score (nSPS) is 26.5. The van der Waals surface area contributed by atoms with E-state index in [0.717, 1.165) is 0 Å². The number of nitro groups is 2. The molecule has 9 heteroatoms. The molecule has 2 aromatic rings. The number of phenols is 2. The summed E-state index contributed by atoms with van der Waals surface area (Å²) in [6.45, 7) is 3.07. The molecule has 148 valence electrons. The molecule has 1 aliphatic heterocycles. The second-order valence-corrected chi connectivity index (χ2v) is 7.59. The molecule has 1 aliphatic rings. The first-order valence-electron chi connectivity index (χ1n) is 8.74. The Bertz CT molecular complexity index is 810. The Labute approximate surface area is 160 Å². The van der Waals surface area contributed by atoms with Crippen molar-refractivity contribution in [2.24, 2.45) is 5.41 Å². The summed E-state index contributed by atoms with van der Waals surface area (Å²) in [6, 6.07) is 7.85. The van der Waals surface area contributed by atoms with Crippen molar-refractivity contribution in [3.8, 4) is 11.5 Å². The van der Waals surface area contributed by atoms with Gasteiger partial charge in [-0.1, -0.05) is 24.3 Å². The Kier molecular flexibility index (Phi) is 4.95. The number of phenolic OH excluding ortho intramolecular Hbond substituents is 2. The van der Waals surface area contributed by atoms with Gasteiger partial charge in [0, 0.05) is 9.85 Å². The van der Waals surface area contributed by atoms with Gasteiger partial charge in [0.15, 0.2) is 0 Å². The van der Waals surface area contributed by atoms with Crippen LogP contribution in [0.1, 0.15) is 37.1 Å². The van der Waals surface area contributed by atoms with Gasteiger partial charge < -0.3 is 10.2 Å². The number of piperidine rings is 1. The standard InChI is InChI=1S/C19H21N3O6/c1-19(2)17(21(25)26)15(11-3-7-13(23)8-4-11)20-16(18(19)22(27)28)12-5-9-14(24)10-6-12/h3-10,15-18,20,23-24H,1-2H3/t15-,16-,17-,18-/m0/s1. The van der Waals surface area contributed by atoms with Crippen LogP contribution in [0.3, 0.4) is 0 Å². The number of hydrogen-bond acceptors (Lipinski definition) is 7. The fraction of sp³-hybridized carbons (Fsp3) is 0.368. The van der Waals surface area contributed by atoms with Gasteiger partial charge in [-0.3, -0.25) is 25.5 Å². The van der Waals surface area contributed by atoms with Crippen LogP contribution >= 0.6 is 0 Å². The minimum absolute atomic E-state index is 0.0229. The molecule has 0 amide bonds. The van der Waals surface area contributed by atoms with Crippen LogP contribution in [0, 0.1) is 25.6 Å². The van der Waals surface area contributed by atoms with Gasteiger partial charge in [-0.2, -0.15) is 0 Å². The fourth-order valence-electron chi connectivity index (χ4n) is 4.12. The van der Waals surface area contributed by atoms with Crippen molar-refractivity contribution in [3.63, 3.8) is 0 Å². The lowest BCUT2D eigenvalue weighted by molar-refractivity contribution is -0.605. The average Bonchev–Trinajstić information content (AvgIpc) is 2.60.